The molecule has 1 aromatic carbocycles. The van der Waals surface area contributed by atoms with Crippen LogP contribution in [0.1, 0.15) is 31.4 Å². The molecule has 2 heterocycles. The van der Waals surface area contributed by atoms with Crippen molar-refractivity contribution in [2.24, 2.45) is 0 Å². The first-order chi connectivity index (χ1) is 9.79. The van der Waals surface area contributed by atoms with Crippen LogP contribution in [-0.4, -0.2) is 36.1 Å². The Bertz CT molecular complexity index is 572. The average Bonchev–Trinajstić information content (AvgIpc) is 2.88. The van der Waals surface area contributed by atoms with Crippen LogP contribution in [0.5, 0.6) is 0 Å². The molecule has 0 spiro atoms. The molecule has 1 saturated heterocycles. The van der Waals surface area contributed by atoms with Crippen LogP contribution < -0.4 is 5.32 Å². The summed E-state index contributed by atoms with van der Waals surface area (Å²) in [6.07, 6.45) is 4.65. The molecule has 3 rings (SSSR count). The van der Waals surface area contributed by atoms with Gasteiger partial charge in [-0.3, -0.25) is 4.90 Å². The largest absolute Gasteiger partial charge is 0.361 e. The molecular weight excluding hydrogens is 314 g/mol. The molecule has 2 N–H and O–H groups in total. The number of piperazine rings is 1. The maximum absolute atomic E-state index is 3.60. The lowest BCUT2D eigenvalue weighted by atomic mass is 9.99. The van der Waals surface area contributed by atoms with E-state index in [4.69, 9.17) is 0 Å². The van der Waals surface area contributed by atoms with Gasteiger partial charge in [-0.1, -0.05) is 29.3 Å². The number of aromatic nitrogens is 1. The fraction of sp³-hybridized carbons (Fsp3) is 0.500. The molecule has 3 nitrogen and oxygen atoms in total. The molecule has 20 heavy (non-hydrogen) atoms. The third kappa shape index (κ3) is 2.78. The number of halogens is 1. The van der Waals surface area contributed by atoms with Gasteiger partial charge in [-0.15, -0.1) is 0 Å². The molecule has 1 fully saturated rings. The molecule has 2 aromatic rings. The minimum absolute atomic E-state index is 0.533. The maximum atomic E-state index is 3.60. The van der Waals surface area contributed by atoms with Crippen molar-refractivity contribution < 1.29 is 0 Å². The van der Waals surface area contributed by atoms with Crippen molar-refractivity contribution in [2.45, 2.75) is 25.8 Å². The molecule has 1 aliphatic rings. The Hall–Kier alpha value is -0.840. The van der Waals surface area contributed by atoms with Crippen molar-refractivity contribution in [3.8, 4) is 0 Å². The van der Waals surface area contributed by atoms with E-state index in [-0.39, 0.29) is 0 Å². The Morgan fingerprint density at radius 1 is 1.30 bits per heavy atom. The molecule has 0 unspecified atom stereocenters. The Morgan fingerprint density at radius 2 is 2.10 bits per heavy atom. The van der Waals surface area contributed by atoms with Crippen molar-refractivity contribution >= 4 is 26.8 Å². The number of benzene rings is 1. The molecule has 0 radical (unpaired) electrons. The van der Waals surface area contributed by atoms with E-state index in [0.29, 0.717) is 6.04 Å². The fourth-order valence-corrected chi connectivity index (χ4v) is 3.55. The zero-order valence-electron chi connectivity index (χ0n) is 12.0. The van der Waals surface area contributed by atoms with E-state index >= 15 is 0 Å². The van der Waals surface area contributed by atoms with Crippen LogP contribution in [0.15, 0.2) is 28.9 Å². The number of nitrogens with one attached hydrogen (secondary N) is 2. The number of hydrogen-bond donors (Lipinski definition) is 2. The van der Waals surface area contributed by atoms with E-state index in [2.05, 4.69) is 62.5 Å². The number of aromatic amines is 1. The highest BCUT2D eigenvalue weighted by molar-refractivity contribution is 9.10. The van der Waals surface area contributed by atoms with Crippen LogP contribution >= 0.6 is 15.9 Å². The normalized spacial score (nSPS) is 18.5. The second-order valence-electron chi connectivity index (χ2n) is 5.52. The molecular formula is C16H22BrN3. The van der Waals surface area contributed by atoms with Crippen molar-refractivity contribution in [3.63, 3.8) is 0 Å². The predicted octanol–water partition coefficient (Wildman–Crippen LogP) is 3.68. The van der Waals surface area contributed by atoms with Gasteiger partial charge in [0.2, 0.25) is 0 Å². The van der Waals surface area contributed by atoms with E-state index in [9.17, 15) is 0 Å². The first-order valence-corrected chi connectivity index (χ1v) is 8.30. The van der Waals surface area contributed by atoms with Gasteiger partial charge in [-0.25, -0.2) is 0 Å². The van der Waals surface area contributed by atoms with Crippen LogP contribution in [0.4, 0.5) is 0 Å². The molecule has 0 saturated carbocycles. The van der Waals surface area contributed by atoms with E-state index in [1.54, 1.807) is 0 Å². The van der Waals surface area contributed by atoms with Crippen molar-refractivity contribution in [3.05, 3.63) is 34.4 Å². The van der Waals surface area contributed by atoms with E-state index < -0.39 is 0 Å². The third-order valence-electron chi connectivity index (χ3n) is 4.19. The SMILES string of the molecule is CCC[C@H](c1c[nH]c2ccc(Br)cc12)N1CCNCC1. The van der Waals surface area contributed by atoms with E-state index in [0.717, 1.165) is 30.7 Å². The lowest BCUT2D eigenvalue weighted by Crippen LogP contribution is -2.45. The highest BCUT2D eigenvalue weighted by Gasteiger charge is 2.23. The van der Waals surface area contributed by atoms with Gasteiger partial charge in [0.05, 0.1) is 0 Å². The summed E-state index contributed by atoms with van der Waals surface area (Å²) in [6.45, 7) is 6.77. The predicted molar refractivity (Wildman–Crippen MR) is 88.1 cm³/mol. The van der Waals surface area contributed by atoms with Gasteiger partial charge >= 0.3 is 0 Å². The summed E-state index contributed by atoms with van der Waals surface area (Å²) in [5, 5.41) is 4.80. The number of H-pyrrole nitrogens is 1. The van der Waals surface area contributed by atoms with E-state index in [1.807, 2.05) is 0 Å². The Morgan fingerprint density at radius 3 is 2.85 bits per heavy atom. The number of nitrogens with zero attached hydrogens (tertiary/aromatic N) is 1. The lowest BCUT2D eigenvalue weighted by molar-refractivity contribution is 0.165. The molecule has 1 aromatic heterocycles. The fourth-order valence-electron chi connectivity index (χ4n) is 3.19. The molecule has 0 amide bonds. The Labute approximate surface area is 128 Å². The van der Waals surface area contributed by atoms with Crippen LogP contribution in [0.3, 0.4) is 0 Å². The number of hydrogen-bond acceptors (Lipinski definition) is 2. The first kappa shape index (κ1) is 14.1. The summed E-state index contributed by atoms with van der Waals surface area (Å²) in [6, 6.07) is 7.03. The summed E-state index contributed by atoms with van der Waals surface area (Å²) in [5.74, 6) is 0. The molecule has 1 aliphatic heterocycles. The van der Waals surface area contributed by atoms with Gasteiger partial charge in [-0.05, 0) is 30.2 Å². The summed E-state index contributed by atoms with van der Waals surface area (Å²) in [5.41, 5.74) is 2.68. The van der Waals surface area contributed by atoms with Gasteiger partial charge in [0.25, 0.3) is 0 Å². The lowest BCUT2D eigenvalue weighted by Gasteiger charge is -2.35. The molecule has 1 atom stereocenters. The van der Waals surface area contributed by atoms with Gasteiger partial charge < -0.3 is 10.3 Å². The van der Waals surface area contributed by atoms with Crippen molar-refractivity contribution in [1.82, 2.24) is 15.2 Å². The molecule has 4 heteroatoms. The maximum Gasteiger partial charge on any atom is 0.0458 e. The molecule has 0 aliphatic carbocycles. The minimum Gasteiger partial charge on any atom is -0.361 e. The van der Waals surface area contributed by atoms with Crippen LogP contribution in [-0.2, 0) is 0 Å². The van der Waals surface area contributed by atoms with Crippen molar-refractivity contribution in [2.75, 3.05) is 26.2 Å². The first-order valence-electron chi connectivity index (χ1n) is 7.51. The number of fused-ring (bicyclic) bond motifs is 1. The highest BCUT2D eigenvalue weighted by atomic mass is 79.9. The second-order valence-corrected chi connectivity index (χ2v) is 6.44. The summed E-state index contributed by atoms with van der Waals surface area (Å²) >= 11 is 3.60. The van der Waals surface area contributed by atoms with Crippen LogP contribution in [0.2, 0.25) is 0 Å². The molecule has 0 bridgehead atoms. The smallest absolute Gasteiger partial charge is 0.0458 e. The van der Waals surface area contributed by atoms with Crippen LogP contribution in [0.25, 0.3) is 10.9 Å². The summed E-state index contributed by atoms with van der Waals surface area (Å²) in [7, 11) is 0. The topological polar surface area (TPSA) is 31.1 Å². The van der Waals surface area contributed by atoms with Gasteiger partial charge in [-0.2, -0.15) is 0 Å². The van der Waals surface area contributed by atoms with Gasteiger partial charge in [0.1, 0.15) is 0 Å². The average molecular weight is 336 g/mol. The zero-order chi connectivity index (χ0) is 13.9. The summed E-state index contributed by atoms with van der Waals surface area (Å²) < 4.78 is 1.15. The summed E-state index contributed by atoms with van der Waals surface area (Å²) in [4.78, 5) is 6.06. The van der Waals surface area contributed by atoms with Gasteiger partial charge in [0.15, 0.2) is 0 Å². The Kier molecular flexibility index (Phi) is 4.44. The van der Waals surface area contributed by atoms with Crippen LogP contribution in [0, 0.1) is 0 Å². The third-order valence-corrected chi connectivity index (χ3v) is 4.68. The molecule has 108 valence electrons. The zero-order valence-corrected chi connectivity index (χ0v) is 13.5. The highest BCUT2D eigenvalue weighted by Crippen LogP contribution is 2.33. The van der Waals surface area contributed by atoms with Crippen molar-refractivity contribution in [1.29, 1.82) is 0 Å². The van der Waals surface area contributed by atoms with E-state index in [1.165, 1.54) is 29.3 Å². The number of rotatable bonds is 4. The minimum atomic E-state index is 0.533. The standard InChI is InChI=1S/C16H22BrN3/c1-2-3-16(20-8-6-18-7-9-20)14-11-19-15-5-4-12(17)10-13(14)15/h4-5,10-11,16,18-19H,2-3,6-9H2,1H3/t16-/m1/s1. The quantitative estimate of drug-likeness (QED) is 0.892. The monoisotopic (exact) mass is 335 g/mol. The Balaban J connectivity index is 1.97. The van der Waals surface area contributed by atoms with Gasteiger partial charge in [0, 0.05) is 53.8 Å². The second kappa shape index (κ2) is 6.29.